The maximum absolute atomic E-state index is 8.84. The van der Waals surface area contributed by atoms with Gasteiger partial charge in [0.15, 0.2) is 0 Å². The lowest BCUT2D eigenvalue weighted by Gasteiger charge is -2.36. The average Bonchev–Trinajstić information content (AvgIpc) is 2.84. The molecular formula is C27H33N5O. The summed E-state index contributed by atoms with van der Waals surface area (Å²) in [5, 5.41) is 8.84. The molecule has 0 saturated carbocycles. The number of benzene rings is 1. The lowest BCUT2D eigenvalue weighted by atomic mass is 9.97. The molecule has 0 unspecified atom stereocenters. The van der Waals surface area contributed by atoms with Gasteiger partial charge >= 0.3 is 0 Å². The van der Waals surface area contributed by atoms with E-state index in [1.807, 2.05) is 55.6 Å². The molecule has 1 fully saturated rings. The number of anilines is 1. The van der Waals surface area contributed by atoms with E-state index in [9.17, 15) is 0 Å². The molecule has 0 radical (unpaired) electrons. The van der Waals surface area contributed by atoms with E-state index in [1.165, 1.54) is 0 Å². The summed E-state index contributed by atoms with van der Waals surface area (Å²) < 4.78 is 5.25. The lowest BCUT2D eigenvalue weighted by molar-refractivity contribution is 0.185. The number of hydrogen-bond donors (Lipinski definition) is 1. The monoisotopic (exact) mass is 443 g/mol. The molecule has 1 N–H and O–H groups in total. The Hall–Kier alpha value is -3.09. The van der Waals surface area contributed by atoms with Crippen molar-refractivity contribution in [2.24, 2.45) is 0 Å². The second-order valence-corrected chi connectivity index (χ2v) is 8.82. The molecule has 3 aromatic rings. The first-order chi connectivity index (χ1) is 16.0. The fourth-order valence-electron chi connectivity index (χ4n) is 4.52. The lowest BCUT2D eigenvalue weighted by Crippen LogP contribution is -2.42. The van der Waals surface area contributed by atoms with Crippen LogP contribution in [-0.2, 0) is 11.3 Å². The molecule has 1 aromatic carbocycles. The molecule has 0 bridgehead atoms. The van der Waals surface area contributed by atoms with Crippen molar-refractivity contribution in [3.05, 3.63) is 71.6 Å². The molecule has 3 heterocycles. The number of nitrogens with zero attached hydrogens (tertiary/aromatic N) is 4. The first-order valence-electron chi connectivity index (χ1n) is 11.5. The Balaban J connectivity index is 1.60. The highest BCUT2D eigenvalue weighted by Gasteiger charge is 2.21. The van der Waals surface area contributed by atoms with Gasteiger partial charge in [0.05, 0.1) is 40.9 Å². The van der Waals surface area contributed by atoms with Crippen molar-refractivity contribution in [2.45, 2.75) is 32.4 Å². The summed E-state index contributed by atoms with van der Waals surface area (Å²) in [5.41, 5.74) is 6.81. The highest BCUT2D eigenvalue weighted by Crippen LogP contribution is 2.26. The topological polar surface area (TPSA) is 65.3 Å². The smallest absolute Gasteiger partial charge is 0.0914 e. The van der Waals surface area contributed by atoms with Crippen LogP contribution in [0.15, 0.2) is 54.7 Å². The minimum Gasteiger partial charge on any atom is -0.380 e. The molecule has 6 nitrogen and oxygen atoms in total. The minimum absolute atomic E-state index is 0.456. The second-order valence-electron chi connectivity index (χ2n) is 8.82. The molecule has 172 valence electrons. The fourth-order valence-corrected chi connectivity index (χ4v) is 4.52. The van der Waals surface area contributed by atoms with Crippen molar-refractivity contribution in [3.8, 4) is 0 Å². The van der Waals surface area contributed by atoms with Gasteiger partial charge < -0.3 is 14.5 Å². The summed E-state index contributed by atoms with van der Waals surface area (Å²) in [4.78, 5) is 14.3. The molecule has 2 aromatic heterocycles. The first-order valence-corrected chi connectivity index (χ1v) is 11.5. The Bertz CT molecular complexity index is 1160. The molecule has 6 heteroatoms. The minimum atomic E-state index is 0.456. The van der Waals surface area contributed by atoms with E-state index in [1.54, 1.807) is 7.11 Å². The highest BCUT2D eigenvalue weighted by atomic mass is 16.5. The Morgan fingerprint density at radius 1 is 1.15 bits per heavy atom. The van der Waals surface area contributed by atoms with Crippen LogP contribution in [0.3, 0.4) is 0 Å². The van der Waals surface area contributed by atoms with Crippen molar-refractivity contribution >= 4 is 28.0 Å². The van der Waals surface area contributed by atoms with E-state index >= 15 is 0 Å². The van der Waals surface area contributed by atoms with Gasteiger partial charge in [0, 0.05) is 37.4 Å². The van der Waals surface area contributed by atoms with Gasteiger partial charge in [0.25, 0.3) is 0 Å². The molecule has 33 heavy (non-hydrogen) atoms. The van der Waals surface area contributed by atoms with E-state index in [0.29, 0.717) is 18.4 Å². The van der Waals surface area contributed by atoms with Crippen molar-refractivity contribution in [1.82, 2.24) is 14.9 Å². The number of rotatable bonds is 7. The van der Waals surface area contributed by atoms with Crippen molar-refractivity contribution in [1.29, 1.82) is 5.41 Å². The van der Waals surface area contributed by atoms with Gasteiger partial charge in [0.1, 0.15) is 0 Å². The summed E-state index contributed by atoms with van der Waals surface area (Å²) in [5.74, 6) is 0. The Morgan fingerprint density at radius 2 is 1.94 bits per heavy atom. The Kier molecular flexibility index (Phi) is 7.16. The Morgan fingerprint density at radius 3 is 2.64 bits per heavy atom. The maximum Gasteiger partial charge on any atom is 0.0914 e. The van der Waals surface area contributed by atoms with Gasteiger partial charge in [-0.2, -0.15) is 0 Å². The van der Waals surface area contributed by atoms with Gasteiger partial charge in [-0.25, -0.2) is 4.98 Å². The fraction of sp³-hybridized carbons (Fsp3) is 0.370. The van der Waals surface area contributed by atoms with E-state index in [-0.39, 0.29) is 0 Å². The van der Waals surface area contributed by atoms with Gasteiger partial charge in [-0.05, 0) is 63.7 Å². The SMILES string of the molecule is C/C=C(\C(=N)c1cccc(COC)c1)c1ccc2ncc(N3CCC(N(C)C)CC3)cc2n1. The summed E-state index contributed by atoms with van der Waals surface area (Å²) >= 11 is 0. The quantitative estimate of drug-likeness (QED) is 0.533. The molecule has 1 saturated heterocycles. The Labute approximate surface area is 196 Å². The number of pyridine rings is 2. The predicted octanol–water partition coefficient (Wildman–Crippen LogP) is 4.78. The summed E-state index contributed by atoms with van der Waals surface area (Å²) in [6.45, 7) is 4.54. The number of nitrogens with one attached hydrogen (secondary N) is 1. The highest BCUT2D eigenvalue weighted by molar-refractivity contribution is 6.30. The average molecular weight is 444 g/mol. The number of allylic oxidation sites excluding steroid dienone is 2. The van der Waals surface area contributed by atoms with E-state index in [0.717, 1.165) is 65.0 Å². The predicted molar refractivity (Wildman–Crippen MR) is 136 cm³/mol. The zero-order valence-electron chi connectivity index (χ0n) is 20.0. The molecule has 0 amide bonds. The van der Waals surface area contributed by atoms with E-state index in [4.69, 9.17) is 15.1 Å². The zero-order chi connectivity index (χ0) is 23.4. The number of ether oxygens (including phenoxy) is 1. The van der Waals surface area contributed by atoms with E-state index in [2.05, 4.69) is 34.9 Å². The molecular weight excluding hydrogens is 410 g/mol. The second kappa shape index (κ2) is 10.2. The summed E-state index contributed by atoms with van der Waals surface area (Å²) in [6.07, 6.45) is 6.23. The van der Waals surface area contributed by atoms with Crippen LogP contribution in [0.5, 0.6) is 0 Å². The maximum atomic E-state index is 8.84. The number of fused-ring (bicyclic) bond motifs is 1. The number of aromatic nitrogens is 2. The van der Waals surface area contributed by atoms with Crippen LogP contribution >= 0.6 is 0 Å². The molecule has 0 aliphatic carbocycles. The van der Waals surface area contributed by atoms with Gasteiger partial charge in [-0.3, -0.25) is 10.4 Å². The van der Waals surface area contributed by atoms with Crippen molar-refractivity contribution in [2.75, 3.05) is 39.2 Å². The van der Waals surface area contributed by atoms with E-state index < -0.39 is 0 Å². The zero-order valence-corrected chi connectivity index (χ0v) is 20.0. The molecule has 4 rings (SSSR count). The third-order valence-electron chi connectivity index (χ3n) is 6.44. The number of methoxy groups -OCH3 is 1. The number of piperidine rings is 1. The van der Waals surface area contributed by atoms with Crippen LogP contribution in [0.2, 0.25) is 0 Å². The first kappa shape index (κ1) is 23.1. The largest absolute Gasteiger partial charge is 0.380 e. The van der Waals surface area contributed by atoms with Crippen molar-refractivity contribution in [3.63, 3.8) is 0 Å². The van der Waals surface area contributed by atoms with Crippen LogP contribution in [0.25, 0.3) is 16.6 Å². The van der Waals surface area contributed by atoms with Gasteiger partial charge in [-0.1, -0.05) is 24.3 Å². The van der Waals surface area contributed by atoms with Crippen LogP contribution in [-0.4, -0.2) is 60.9 Å². The van der Waals surface area contributed by atoms with Crippen LogP contribution < -0.4 is 4.90 Å². The molecule has 1 aliphatic rings. The van der Waals surface area contributed by atoms with Crippen molar-refractivity contribution < 1.29 is 4.74 Å². The summed E-state index contributed by atoms with van der Waals surface area (Å²) in [6, 6.07) is 14.7. The molecule has 0 spiro atoms. The third kappa shape index (κ3) is 5.13. The van der Waals surface area contributed by atoms with Gasteiger partial charge in [0.2, 0.25) is 0 Å². The molecule has 1 aliphatic heterocycles. The third-order valence-corrected chi connectivity index (χ3v) is 6.44. The van der Waals surface area contributed by atoms with Gasteiger partial charge in [-0.15, -0.1) is 0 Å². The summed E-state index contributed by atoms with van der Waals surface area (Å²) in [7, 11) is 6.00. The molecule has 0 atom stereocenters. The van der Waals surface area contributed by atoms with Crippen LogP contribution in [0, 0.1) is 5.41 Å². The normalized spacial score (nSPS) is 15.4. The van der Waals surface area contributed by atoms with Crippen LogP contribution in [0.1, 0.15) is 36.6 Å². The standard InChI is InChI=1S/C27H33N5O/c1-5-23(27(28)20-8-6-7-19(15-20)18-33-4)24-9-10-25-26(30-24)16-22(17-29-25)32-13-11-21(12-14-32)31(2)3/h5-10,15-17,21,28H,11-14,18H2,1-4H3/b23-5-,28-27?. The number of hydrogen-bond acceptors (Lipinski definition) is 6. The van der Waals surface area contributed by atoms with Crippen LogP contribution in [0.4, 0.5) is 5.69 Å².